The van der Waals surface area contributed by atoms with E-state index < -0.39 is 10.0 Å². The molecule has 152 valence electrons. The molecule has 8 nitrogen and oxygen atoms in total. The number of nitrogen functional groups attached to an aromatic ring is 1. The smallest absolute Gasteiger partial charge is 0.211 e. The number of rotatable bonds is 10. The molecule has 3 aromatic rings. The minimum atomic E-state index is -3.15. The molecule has 0 radical (unpaired) electrons. The number of benzene rings is 1. The van der Waals surface area contributed by atoms with Crippen LogP contribution in [0.4, 0.5) is 5.82 Å². The lowest BCUT2D eigenvalue weighted by Gasteiger charge is -2.11. The molecule has 0 unspecified atom stereocenters. The SMILES string of the molecule is CCS(=O)(=O)NCCCCn1c(CCNI)nc2c(N)nc3ccccc3c21. The van der Waals surface area contributed by atoms with Crippen LogP contribution < -0.4 is 14.0 Å². The Kier molecular flexibility index (Phi) is 7.07. The van der Waals surface area contributed by atoms with Crippen LogP contribution in [0.1, 0.15) is 25.6 Å². The van der Waals surface area contributed by atoms with Gasteiger partial charge in [-0.05, 0) is 25.8 Å². The molecule has 2 aromatic heterocycles. The molecule has 0 amide bonds. The van der Waals surface area contributed by atoms with E-state index in [0.717, 1.165) is 60.1 Å². The number of fused-ring (bicyclic) bond motifs is 3. The summed E-state index contributed by atoms with van der Waals surface area (Å²) in [5.41, 5.74) is 8.77. The second-order valence-electron chi connectivity index (χ2n) is 6.53. The predicted molar refractivity (Wildman–Crippen MR) is 122 cm³/mol. The number of nitrogens with one attached hydrogen (secondary N) is 2. The molecule has 10 heteroatoms. The lowest BCUT2D eigenvalue weighted by Crippen LogP contribution is -2.26. The van der Waals surface area contributed by atoms with E-state index >= 15 is 0 Å². The van der Waals surface area contributed by atoms with E-state index in [-0.39, 0.29) is 5.75 Å². The van der Waals surface area contributed by atoms with Crippen molar-refractivity contribution in [3.05, 3.63) is 30.1 Å². The molecule has 3 rings (SSSR count). The van der Waals surface area contributed by atoms with Crippen LogP contribution in [0.2, 0.25) is 0 Å². The van der Waals surface area contributed by atoms with Crippen LogP contribution >= 0.6 is 22.9 Å². The van der Waals surface area contributed by atoms with E-state index in [1.807, 2.05) is 24.3 Å². The highest BCUT2D eigenvalue weighted by molar-refractivity contribution is 14.1. The van der Waals surface area contributed by atoms with Gasteiger partial charge in [-0.3, -0.25) is 3.53 Å². The van der Waals surface area contributed by atoms with Crippen LogP contribution in [0.5, 0.6) is 0 Å². The topological polar surface area (TPSA) is 115 Å². The van der Waals surface area contributed by atoms with Crippen molar-refractivity contribution < 1.29 is 8.42 Å². The first-order valence-corrected chi connectivity index (χ1v) is 12.0. The summed E-state index contributed by atoms with van der Waals surface area (Å²) in [6, 6.07) is 7.93. The standard InChI is InChI=1S/C18H25IN6O2S/c1-2-28(26,27)22-10-5-6-12-25-15(9-11-21-19)24-16-17(25)13-7-3-4-8-14(13)23-18(16)20/h3-4,7-8,21-22H,2,5-6,9-12H2,1H3,(H2,20,23). The molecule has 0 spiro atoms. The van der Waals surface area contributed by atoms with E-state index in [4.69, 9.17) is 10.7 Å². The van der Waals surface area contributed by atoms with Crippen molar-refractivity contribution in [2.75, 3.05) is 24.6 Å². The van der Waals surface area contributed by atoms with E-state index in [9.17, 15) is 8.42 Å². The number of para-hydroxylation sites is 1. The number of nitrogens with zero attached hydrogens (tertiary/aromatic N) is 3. The fourth-order valence-electron chi connectivity index (χ4n) is 3.22. The zero-order valence-corrected chi connectivity index (χ0v) is 18.8. The van der Waals surface area contributed by atoms with Crippen LogP contribution in [0.15, 0.2) is 24.3 Å². The Morgan fingerprint density at radius 1 is 1.18 bits per heavy atom. The summed E-state index contributed by atoms with van der Waals surface area (Å²) < 4.78 is 31.1. The lowest BCUT2D eigenvalue weighted by atomic mass is 10.2. The van der Waals surface area contributed by atoms with Gasteiger partial charge in [0.2, 0.25) is 10.0 Å². The maximum Gasteiger partial charge on any atom is 0.211 e. The number of hydrogen-bond acceptors (Lipinski definition) is 6. The lowest BCUT2D eigenvalue weighted by molar-refractivity contribution is 0.564. The minimum Gasteiger partial charge on any atom is -0.382 e. The summed E-state index contributed by atoms with van der Waals surface area (Å²) >= 11 is 2.13. The number of aryl methyl sites for hydroxylation is 1. The molecule has 0 bridgehead atoms. The van der Waals surface area contributed by atoms with Gasteiger partial charge in [0.25, 0.3) is 0 Å². The molecule has 28 heavy (non-hydrogen) atoms. The summed E-state index contributed by atoms with van der Waals surface area (Å²) in [5.74, 6) is 1.50. The van der Waals surface area contributed by atoms with E-state index in [0.29, 0.717) is 12.4 Å². The van der Waals surface area contributed by atoms with Crippen molar-refractivity contribution in [1.82, 2.24) is 22.8 Å². The van der Waals surface area contributed by atoms with Crippen LogP contribution in [0.3, 0.4) is 0 Å². The molecule has 0 aliphatic rings. The van der Waals surface area contributed by atoms with Gasteiger partial charge in [-0.15, -0.1) is 0 Å². The zero-order chi connectivity index (χ0) is 20.1. The summed E-state index contributed by atoms with van der Waals surface area (Å²) in [4.78, 5) is 9.26. The number of pyridine rings is 1. The predicted octanol–water partition coefficient (Wildman–Crippen LogP) is 2.37. The van der Waals surface area contributed by atoms with E-state index in [2.05, 4.69) is 40.7 Å². The Morgan fingerprint density at radius 2 is 1.96 bits per heavy atom. The molecule has 0 aliphatic heterocycles. The molecule has 0 atom stereocenters. The van der Waals surface area contributed by atoms with Crippen molar-refractivity contribution in [1.29, 1.82) is 0 Å². The molecule has 0 fully saturated rings. The van der Waals surface area contributed by atoms with Gasteiger partial charge in [0, 0.05) is 54.3 Å². The van der Waals surface area contributed by atoms with Crippen LogP contribution in [0.25, 0.3) is 21.9 Å². The molecule has 1 aromatic carbocycles. The first-order chi connectivity index (χ1) is 13.5. The Morgan fingerprint density at radius 3 is 2.71 bits per heavy atom. The molecule has 0 aliphatic carbocycles. The second kappa shape index (κ2) is 9.33. The van der Waals surface area contributed by atoms with Gasteiger partial charge in [0.1, 0.15) is 11.3 Å². The number of hydrogen-bond donors (Lipinski definition) is 3. The summed E-state index contributed by atoms with van der Waals surface area (Å²) in [7, 11) is -3.15. The first-order valence-electron chi connectivity index (χ1n) is 9.31. The van der Waals surface area contributed by atoms with Crippen molar-refractivity contribution in [3.8, 4) is 0 Å². The van der Waals surface area contributed by atoms with E-state index in [1.165, 1.54) is 0 Å². The molecule has 2 heterocycles. The molecule has 4 N–H and O–H groups in total. The third-order valence-corrected chi connectivity index (χ3v) is 6.59. The Labute approximate surface area is 178 Å². The maximum absolute atomic E-state index is 11.6. The average molecular weight is 516 g/mol. The molecular formula is C18H25IN6O2S. The number of halogens is 1. The number of unbranched alkanes of at least 4 members (excludes halogenated alkanes) is 1. The Balaban J connectivity index is 1.90. The normalized spacial score (nSPS) is 12.2. The molecule has 0 saturated heterocycles. The van der Waals surface area contributed by atoms with Crippen molar-refractivity contribution in [3.63, 3.8) is 0 Å². The second-order valence-corrected chi connectivity index (χ2v) is 9.39. The number of nitrogens with two attached hydrogens (primary N) is 1. The van der Waals surface area contributed by atoms with Crippen molar-refractivity contribution in [2.24, 2.45) is 0 Å². The summed E-state index contributed by atoms with van der Waals surface area (Å²) in [6.07, 6.45) is 2.36. The number of aromatic nitrogens is 3. The van der Waals surface area contributed by atoms with Gasteiger partial charge < -0.3 is 10.3 Å². The monoisotopic (exact) mass is 516 g/mol. The van der Waals surface area contributed by atoms with Gasteiger partial charge >= 0.3 is 0 Å². The minimum absolute atomic E-state index is 0.102. The van der Waals surface area contributed by atoms with Gasteiger partial charge in [-0.25, -0.2) is 23.1 Å². The Hall–Kier alpha value is -1.50. The van der Waals surface area contributed by atoms with Crippen molar-refractivity contribution >= 4 is 60.6 Å². The maximum atomic E-state index is 11.6. The van der Waals surface area contributed by atoms with Gasteiger partial charge in [-0.2, -0.15) is 0 Å². The number of anilines is 1. The highest BCUT2D eigenvalue weighted by Gasteiger charge is 2.17. The van der Waals surface area contributed by atoms with Gasteiger partial charge in [0.05, 0.1) is 16.8 Å². The fraction of sp³-hybridized carbons (Fsp3) is 0.444. The van der Waals surface area contributed by atoms with Crippen LogP contribution in [-0.2, 0) is 23.0 Å². The zero-order valence-electron chi connectivity index (χ0n) is 15.8. The third kappa shape index (κ3) is 4.73. The molecule has 0 saturated carbocycles. The number of sulfonamides is 1. The highest BCUT2D eigenvalue weighted by Crippen LogP contribution is 2.29. The van der Waals surface area contributed by atoms with E-state index in [1.54, 1.807) is 6.92 Å². The van der Waals surface area contributed by atoms with Crippen molar-refractivity contribution in [2.45, 2.75) is 32.7 Å². The van der Waals surface area contributed by atoms with Gasteiger partial charge in [-0.1, -0.05) is 18.2 Å². The Bertz CT molecular complexity index is 1070. The van der Waals surface area contributed by atoms with Crippen LogP contribution in [0, 0.1) is 0 Å². The highest BCUT2D eigenvalue weighted by atomic mass is 127. The van der Waals surface area contributed by atoms with Gasteiger partial charge in [0.15, 0.2) is 5.82 Å². The number of imidazole rings is 1. The third-order valence-electron chi connectivity index (χ3n) is 4.64. The summed E-state index contributed by atoms with van der Waals surface area (Å²) in [5, 5.41) is 1.03. The fourth-order valence-corrected chi connectivity index (χ4v) is 4.15. The van der Waals surface area contributed by atoms with Crippen LogP contribution in [-0.4, -0.2) is 41.8 Å². The largest absolute Gasteiger partial charge is 0.382 e. The quantitative estimate of drug-likeness (QED) is 0.217. The first kappa shape index (κ1) is 21.2. The average Bonchev–Trinajstić information content (AvgIpc) is 3.05. The summed E-state index contributed by atoms with van der Waals surface area (Å²) in [6.45, 7) is 3.62. The molecular weight excluding hydrogens is 491 g/mol.